The zero-order valence-corrected chi connectivity index (χ0v) is 18.9. The van der Waals surface area contributed by atoms with E-state index in [1.165, 1.54) is 12.5 Å². The first-order valence-electron chi connectivity index (χ1n) is 11.1. The van der Waals surface area contributed by atoms with Crippen LogP contribution in [0.2, 0.25) is 0 Å². The van der Waals surface area contributed by atoms with Crippen LogP contribution in [0, 0.1) is 0 Å². The van der Waals surface area contributed by atoms with Crippen molar-refractivity contribution in [1.29, 1.82) is 0 Å². The van der Waals surface area contributed by atoms with E-state index < -0.39 is 24.1 Å². The molecule has 7 nitrogen and oxygen atoms in total. The van der Waals surface area contributed by atoms with E-state index in [4.69, 9.17) is 9.47 Å². The lowest BCUT2D eigenvalue weighted by Gasteiger charge is -2.27. The number of benzene rings is 2. The maximum absolute atomic E-state index is 12.6. The van der Waals surface area contributed by atoms with Crippen LogP contribution >= 0.6 is 0 Å². The number of aryl methyl sites for hydroxylation is 1. The van der Waals surface area contributed by atoms with Crippen molar-refractivity contribution < 1.29 is 24.2 Å². The topological polar surface area (TPSA) is 96.9 Å². The summed E-state index contributed by atoms with van der Waals surface area (Å²) in [5, 5.41) is 14.8. The van der Waals surface area contributed by atoms with Gasteiger partial charge >= 0.3 is 6.09 Å². The van der Waals surface area contributed by atoms with Crippen molar-refractivity contribution in [2.75, 3.05) is 25.1 Å². The Morgan fingerprint density at radius 2 is 1.69 bits per heavy atom. The molecule has 0 aliphatic carbocycles. The number of rotatable bonds is 13. The molecule has 2 rings (SSSR count). The minimum Gasteiger partial charge on any atom is -0.494 e. The smallest absolute Gasteiger partial charge is 0.408 e. The molecule has 7 heteroatoms. The fraction of sp³-hybridized carbons (Fsp3) is 0.440. The molecule has 3 N–H and O–H groups in total. The van der Waals surface area contributed by atoms with Gasteiger partial charge in [-0.25, -0.2) is 4.79 Å². The number of alkyl carbamates (subject to hydrolysis) is 1. The van der Waals surface area contributed by atoms with Crippen LogP contribution in [0.25, 0.3) is 0 Å². The highest BCUT2D eigenvalue weighted by atomic mass is 16.5. The average molecular weight is 443 g/mol. The molecule has 2 amide bonds. The van der Waals surface area contributed by atoms with Crippen LogP contribution in [-0.2, 0) is 16.0 Å². The summed E-state index contributed by atoms with van der Waals surface area (Å²) >= 11 is 0. The minimum absolute atomic E-state index is 0.263. The molecule has 0 aliphatic heterocycles. The average Bonchev–Trinajstić information content (AvgIpc) is 2.80. The third-order valence-electron chi connectivity index (χ3n) is 5.01. The fourth-order valence-electron chi connectivity index (χ4n) is 2.91. The SMILES string of the molecule is CCCCOC(=O)N[C@@](C)(CO)C(=O)Nc1ccc(OCCCCc2ccccc2)cc1. The van der Waals surface area contributed by atoms with Crippen LogP contribution in [0.1, 0.15) is 45.1 Å². The number of aliphatic hydroxyl groups excluding tert-OH is 1. The Morgan fingerprint density at radius 1 is 0.969 bits per heavy atom. The van der Waals surface area contributed by atoms with Crippen molar-refractivity contribution in [1.82, 2.24) is 5.32 Å². The Hall–Kier alpha value is -3.06. The maximum atomic E-state index is 12.6. The molecule has 2 aromatic carbocycles. The summed E-state index contributed by atoms with van der Waals surface area (Å²) in [5.41, 5.74) is 0.357. The zero-order chi connectivity index (χ0) is 23.2. The Balaban J connectivity index is 1.76. The van der Waals surface area contributed by atoms with E-state index in [1.54, 1.807) is 24.3 Å². The molecule has 1 atom stereocenters. The second-order valence-electron chi connectivity index (χ2n) is 7.87. The molecule has 0 saturated heterocycles. The maximum Gasteiger partial charge on any atom is 0.408 e. The number of hydrogen-bond donors (Lipinski definition) is 3. The highest BCUT2D eigenvalue weighted by molar-refractivity contribution is 5.99. The van der Waals surface area contributed by atoms with Gasteiger partial charge in [-0.2, -0.15) is 0 Å². The largest absolute Gasteiger partial charge is 0.494 e. The molecule has 0 bridgehead atoms. The summed E-state index contributed by atoms with van der Waals surface area (Å²) in [6.07, 6.45) is 3.91. The standard InChI is InChI=1S/C25H34N2O5/c1-3-4-17-32-24(30)27-25(2,19-28)23(29)26-21-13-15-22(16-14-21)31-18-9-8-12-20-10-6-5-7-11-20/h5-7,10-11,13-16,28H,3-4,8-9,12,17-19H2,1-2H3,(H,26,29)(H,27,30)/t25-/m0/s1. The highest BCUT2D eigenvalue weighted by Crippen LogP contribution is 2.18. The van der Waals surface area contributed by atoms with Crippen LogP contribution < -0.4 is 15.4 Å². The number of hydrogen-bond acceptors (Lipinski definition) is 5. The number of carbonyl (C=O) groups excluding carboxylic acids is 2. The molecule has 0 saturated carbocycles. The lowest BCUT2D eigenvalue weighted by molar-refractivity contribution is -0.123. The van der Waals surface area contributed by atoms with Gasteiger partial charge in [-0.05, 0) is 62.4 Å². The molecule has 0 aliphatic rings. The van der Waals surface area contributed by atoms with E-state index in [0.717, 1.165) is 32.1 Å². The van der Waals surface area contributed by atoms with Gasteiger partial charge in [0, 0.05) is 5.69 Å². The Labute approximate surface area is 190 Å². The van der Waals surface area contributed by atoms with E-state index in [0.29, 0.717) is 18.0 Å². The first kappa shape index (κ1) is 25.2. The summed E-state index contributed by atoms with van der Waals surface area (Å²) in [7, 11) is 0. The fourth-order valence-corrected chi connectivity index (χ4v) is 2.91. The van der Waals surface area contributed by atoms with Crippen molar-refractivity contribution in [2.24, 2.45) is 0 Å². The lowest BCUT2D eigenvalue weighted by Crippen LogP contribution is -2.57. The highest BCUT2D eigenvalue weighted by Gasteiger charge is 2.35. The Kier molecular flexibility index (Phi) is 10.5. The van der Waals surface area contributed by atoms with E-state index in [-0.39, 0.29) is 6.61 Å². The molecular formula is C25H34N2O5. The Bertz CT molecular complexity index is 826. The number of unbranched alkanes of at least 4 members (excludes halogenated alkanes) is 2. The Morgan fingerprint density at radius 3 is 2.34 bits per heavy atom. The van der Waals surface area contributed by atoms with Gasteiger partial charge in [-0.1, -0.05) is 43.7 Å². The first-order valence-corrected chi connectivity index (χ1v) is 11.1. The number of nitrogens with one attached hydrogen (secondary N) is 2. The van der Waals surface area contributed by atoms with Crippen LogP contribution in [-0.4, -0.2) is 42.5 Å². The van der Waals surface area contributed by atoms with Crippen molar-refractivity contribution >= 4 is 17.7 Å². The lowest BCUT2D eigenvalue weighted by atomic mass is 10.0. The van der Waals surface area contributed by atoms with Crippen molar-refractivity contribution in [3.63, 3.8) is 0 Å². The summed E-state index contributed by atoms with van der Waals surface area (Å²) < 4.78 is 10.8. The van der Waals surface area contributed by atoms with Gasteiger partial charge in [0.2, 0.25) is 0 Å². The third kappa shape index (κ3) is 8.59. The molecule has 0 radical (unpaired) electrons. The quantitative estimate of drug-likeness (QED) is 0.402. The summed E-state index contributed by atoms with van der Waals surface area (Å²) in [5.74, 6) is 0.173. The van der Waals surface area contributed by atoms with Crippen molar-refractivity contribution in [3.8, 4) is 5.75 Å². The molecule has 174 valence electrons. The van der Waals surface area contributed by atoms with Gasteiger partial charge in [-0.3, -0.25) is 4.79 Å². The molecule has 0 fully saturated rings. The molecule has 0 unspecified atom stereocenters. The van der Waals surface area contributed by atoms with Crippen LogP contribution in [0.15, 0.2) is 54.6 Å². The van der Waals surface area contributed by atoms with Crippen LogP contribution in [0.5, 0.6) is 5.75 Å². The number of carbonyl (C=O) groups is 2. The van der Waals surface area contributed by atoms with E-state index >= 15 is 0 Å². The molecule has 0 heterocycles. The molecule has 2 aromatic rings. The second kappa shape index (κ2) is 13.4. The predicted molar refractivity (Wildman–Crippen MR) is 125 cm³/mol. The minimum atomic E-state index is -1.50. The summed E-state index contributed by atoms with van der Waals surface area (Å²) in [6, 6.07) is 17.3. The first-order chi connectivity index (χ1) is 15.5. The monoisotopic (exact) mass is 442 g/mol. The molecule has 0 aromatic heterocycles. The normalized spacial score (nSPS) is 12.5. The van der Waals surface area contributed by atoms with Gasteiger partial charge in [0.1, 0.15) is 11.3 Å². The second-order valence-corrected chi connectivity index (χ2v) is 7.87. The predicted octanol–water partition coefficient (Wildman–Crippen LogP) is 4.30. The van der Waals surface area contributed by atoms with Crippen molar-refractivity contribution in [2.45, 2.75) is 51.5 Å². The van der Waals surface area contributed by atoms with E-state index in [9.17, 15) is 14.7 Å². The van der Waals surface area contributed by atoms with E-state index in [2.05, 4.69) is 22.8 Å². The number of ether oxygens (including phenoxy) is 2. The van der Waals surface area contributed by atoms with Gasteiger partial charge in [0.05, 0.1) is 19.8 Å². The van der Waals surface area contributed by atoms with E-state index in [1.807, 2.05) is 25.1 Å². The third-order valence-corrected chi connectivity index (χ3v) is 5.01. The van der Waals surface area contributed by atoms with Gasteiger partial charge < -0.3 is 25.2 Å². The van der Waals surface area contributed by atoms with Gasteiger partial charge in [0.15, 0.2) is 0 Å². The summed E-state index contributed by atoms with van der Waals surface area (Å²) in [4.78, 5) is 24.5. The van der Waals surface area contributed by atoms with Gasteiger partial charge in [0.25, 0.3) is 5.91 Å². The number of aliphatic hydroxyl groups is 1. The molecule has 0 spiro atoms. The number of amides is 2. The number of anilines is 1. The van der Waals surface area contributed by atoms with Crippen molar-refractivity contribution in [3.05, 3.63) is 60.2 Å². The van der Waals surface area contributed by atoms with Gasteiger partial charge in [-0.15, -0.1) is 0 Å². The zero-order valence-electron chi connectivity index (χ0n) is 18.9. The van der Waals surface area contributed by atoms with Crippen LogP contribution in [0.3, 0.4) is 0 Å². The summed E-state index contributed by atoms with van der Waals surface area (Å²) in [6.45, 7) is 3.74. The molecular weight excluding hydrogens is 408 g/mol. The molecule has 32 heavy (non-hydrogen) atoms. The van der Waals surface area contributed by atoms with Crippen LogP contribution in [0.4, 0.5) is 10.5 Å².